The average molecular weight is 218 g/mol. The molecule has 0 amide bonds. The minimum Gasteiger partial charge on any atom is -0.319 e. The summed E-state index contributed by atoms with van der Waals surface area (Å²) in [5.74, 6) is -2.80. The Morgan fingerprint density at radius 1 is 1.50 bits per heavy atom. The van der Waals surface area contributed by atoms with Crippen molar-refractivity contribution >= 4 is 11.3 Å². The molecule has 2 N–H and O–H groups in total. The Morgan fingerprint density at radius 3 is 2.43 bits per heavy atom. The second kappa shape index (κ2) is 2.73. The van der Waals surface area contributed by atoms with Crippen LogP contribution in [0.3, 0.4) is 0 Å². The maximum absolute atomic E-state index is 13.1. The average Bonchev–Trinajstić information content (AvgIpc) is 2.61. The van der Waals surface area contributed by atoms with E-state index < -0.39 is 11.5 Å². The number of rotatable bonds is 2. The van der Waals surface area contributed by atoms with Crippen molar-refractivity contribution in [2.24, 2.45) is 5.73 Å². The van der Waals surface area contributed by atoms with Gasteiger partial charge in [-0.1, -0.05) is 0 Å². The van der Waals surface area contributed by atoms with E-state index in [9.17, 15) is 8.78 Å². The Morgan fingerprint density at radius 2 is 2.07 bits per heavy atom. The molecule has 0 saturated heterocycles. The quantitative estimate of drug-likeness (QED) is 0.828. The molecule has 0 bridgehead atoms. The van der Waals surface area contributed by atoms with Gasteiger partial charge < -0.3 is 5.73 Å². The minimum absolute atomic E-state index is 0.0456. The molecule has 14 heavy (non-hydrogen) atoms. The van der Waals surface area contributed by atoms with E-state index >= 15 is 0 Å². The molecule has 2 nitrogen and oxygen atoms in total. The number of aromatic nitrogens is 1. The van der Waals surface area contributed by atoms with Crippen LogP contribution in [-0.2, 0) is 11.5 Å². The maximum Gasteiger partial charge on any atom is 0.281 e. The van der Waals surface area contributed by atoms with E-state index in [0.29, 0.717) is 10.7 Å². The van der Waals surface area contributed by atoms with Crippen molar-refractivity contribution in [1.29, 1.82) is 0 Å². The van der Waals surface area contributed by atoms with Crippen LogP contribution in [0, 0.1) is 6.92 Å². The van der Waals surface area contributed by atoms with Gasteiger partial charge in [-0.25, -0.2) is 13.8 Å². The molecule has 1 aromatic rings. The predicted molar refractivity (Wildman–Crippen MR) is 51.5 cm³/mol. The van der Waals surface area contributed by atoms with Gasteiger partial charge in [0.15, 0.2) is 0 Å². The molecular weight excluding hydrogens is 206 g/mol. The second-order valence-corrected chi connectivity index (χ2v) is 4.98. The Balaban J connectivity index is 2.40. The summed E-state index contributed by atoms with van der Waals surface area (Å²) >= 11 is 1.05. The number of hydrogen-bond donors (Lipinski definition) is 1. The third kappa shape index (κ3) is 1.54. The first kappa shape index (κ1) is 9.98. The molecule has 1 heterocycles. The molecule has 0 radical (unpaired) electrons. The molecule has 0 atom stereocenters. The lowest BCUT2D eigenvalue weighted by Gasteiger charge is -2.07. The molecule has 1 aromatic heterocycles. The molecule has 1 aliphatic carbocycles. The number of nitrogens with zero attached hydrogens (tertiary/aromatic N) is 1. The van der Waals surface area contributed by atoms with Crippen LogP contribution in [-0.4, -0.2) is 4.98 Å². The van der Waals surface area contributed by atoms with Gasteiger partial charge in [0.1, 0.15) is 5.01 Å². The molecule has 0 spiro atoms. The van der Waals surface area contributed by atoms with Crippen molar-refractivity contribution in [3.63, 3.8) is 0 Å². The highest BCUT2D eigenvalue weighted by Gasteiger charge is 2.44. The van der Waals surface area contributed by atoms with Gasteiger partial charge in [-0.3, -0.25) is 0 Å². The molecule has 2 rings (SSSR count). The Kier molecular flexibility index (Phi) is 1.95. The van der Waals surface area contributed by atoms with Gasteiger partial charge in [-0.2, -0.15) is 0 Å². The topological polar surface area (TPSA) is 38.9 Å². The van der Waals surface area contributed by atoms with Crippen molar-refractivity contribution in [2.45, 2.75) is 38.2 Å². The summed E-state index contributed by atoms with van der Waals surface area (Å²) in [7, 11) is 0. The van der Waals surface area contributed by atoms with Gasteiger partial charge >= 0.3 is 0 Å². The van der Waals surface area contributed by atoms with E-state index in [2.05, 4.69) is 4.98 Å². The largest absolute Gasteiger partial charge is 0.319 e. The molecule has 1 saturated carbocycles. The highest BCUT2D eigenvalue weighted by Crippen LogP contribution is 2.47. The van der Waals surface area contributed by atoms with Gasteiger partial charge in [-0.15, -0.1) is 11.3 Å². The number of hydrogen-bond acceptors (Lipinski definition) is 3. The second-order valence-electron chi connectivity index (χ2n) is 3.98. The zero-order valence-corrected chi connectivity index (χ0v) is 8.92. The Hall–Kier alpha value is -0.550. The lowest BCUT2D eigenvalue weighted by molar-refractivity contribution is 0.0207. The number of halogens is 2. The van der Waals surface area contributed by atoms with Crippen LogP contribution in [0.2, 0.25) is 0 Å². The molecule has 5 heteroatoms. The molecule has 1 aliphatic rings. The SMILES string of the molecule is Cc1nc(C2(N)CC2)sc1C(C)(F)F. The van der Waals surface area contributed by atoms with Crippen LogP contribution < -0.4 is 5.73 Å². The van der Waals surface area contributed by atoms with Gasteiger partial charge in [0.2, 0.25) is 0 Å². The zero-order chi connectivity index (χ0) is 10.6. The maximum atomic E-state index is 13.1. The summed E-state index contributed by atoms with van der Waals surface area (Å²) in [6, 6.07) is 0. The van der Waals surface area contributed by atoms with Gasteiger partial charge in [0, 0.05) is 6.92 Å². The van der Waals surface area contributed by atoms with Crippen molar-refractivity contribution in [1.82, 2.24) is 4.98 Å². The lowest BCUT2D eigenvalue weighted by Crippen LogP contribution is -2.18. The van der Waals surface area contributed by atoms with Crippen LogP contribution in [0.25, 0.3) is 0 Å². The Bertz CT molecular complexity index is 363. The first-order valence-corrected chi connectivity index (χ1v) is 5.30. The van der Waals surface area contributed by atoms with Crippen molar-refractivity contribution in [3.8, 4) is 0 Å². The molecular formula is C9H12F2N2S. The highest BCUT2D eigenvalue weighted by molar-refractivity contribution is 7.12. The molecule has 78 valence electrons. The number of thiazole rings is 1. The van der Waals surface area contributed by atoms with Gasteiger partial charge in [0.25, 0.3) is 5.92 Å². The normalized spacial score (nSPS) is 19.8. The van der Waals surface area contributed by atoms with E-state index in [1.165, 1.54) is 0 Å². The zero-order valence-electron chi connectivity index (χ0n) is 8.10. The van der Waals surface area contributed by atoms with Crippen molar-refractivity contribution in [2.75, 3.05) is 0 Å². The van der Waals surface area contributed by atoms with Gasteiger partial charge in [0.05, 0.1) is 16.1 Å². The summed E-state index contributed by atoms with van der Waals surface area (Å²) in [4.78, 5) is 4.17. The van der Waals surface area contributed by atoms with Crippen LogP contribution in [0.1, 0.15) is 35.3 Å². The summed E-state index contributed by atoms with van der Waals surface area (Å²) < 4.78 is 26.1. The first-order valence-electron chi connectivity index (χ1n) is 4.48. The fourth-order valence-electron chi connectivity index (χ4n) is 1.37. The predicted octanol–water partition coefficient (Wildman–Crippen LogP) is 2.51. The van der Waals surface area contributed by atoms with Crippen molar-refractivity contribution < 1.29 is 8.78 Å². The lowest BCUT2D eigenvalue weighted by atomic mass is 10.2. The van der Waals surface area contributed by atoms with E-state index in [1.54, 1.807) is 6.92 Å². The van der Waals surface area contributed by atoms with Crippen LogP contribution >= 0.6 is 11.3 Å². The number of aryl methyl sites for hydroxylation is 1. The molecule has 0 aliphatic heterocycles. The van der Waals surface area contributed by atoms with E-state index in [1.807, 2.05) is 0 Å². The van der Waals surface area contributed by atoms with Gasteiger partial charge in [-0.05, 0) is 19.8 Å². The van der Waals surface area contributed by atoms with E-state index in [-0.39, 0.29) is 4.88 Å². The van der Waals surface area contributed by atoms with Crippen LogP contribution in [0.4, 0.5) is 8.78 Å². The third-order valence-corrected chi connectivity index (χ3v) is 3.96. The summed E-state index contributed by atoms with van der Waals surface area (Å²) in [5, 5.41) is 0.659. The molecule has 1 fully saturated rings. The fraction of sp³-hybridized carbons (Fsp3) is 0.667. The summed E-state index contributed by atoms with van der Waals surface area (Å²) in [6.07, 6.45) is 1.71. The highest BCUT2D eigenvalue weighted by atomic mass is 32.1. The van der Waals surface area contributed by atoms with E-state index in [4.69, 9.17) is 5.73 Å². The third-order valence-electron chi connectivity index (χ3n) is 2.41. The van der Waals surface area contributed by atoms with Crippen molar-refractivity contribution in [3.05, 3.63) is 15.6 Å². The molecule has 0 aromatic carbocycles. The van der Waals surface area contributed by atoms with Crippen LogP contribution in [0.5, 0.6) is 0 Å². The first-order chi connectivity index (χ1) is 6.33. The molecule has 0 unspecified atom stereocenters. The monoisotopic (exact) mass is 218 g/mol. The standard InChI is InChI=1S/C9H12F2N2S/c1-5-6(8(2,10)11)14-7(13-5)9(12)3-4-9/h3-4,12H2,1-2H3. The number of alkyl halides is 2. The van der Waals surface area contributed by atoms with E-state index in [0.717, 1.165) is 31.1 Å². The van der Waals surface area contributed by atoms with Crippen LogP contribution in [0.15, 0.2) is 0 Å². The minimum atomic E-state index is -2.80. The summed E-state index contributed by atoms with van der Waals surface area (Å²) in [5.41, 5.74) is 5.90. The Labute approximate surface area is 85.1 Å². The fourth-order valence-corrected chi connectivity index (χ4v) is 2.52. The number of nitrogens with two attached hydrogens (primary N) is 1. The smallest absolute Gasteiger partial charge is 0.281 e. The summed E-state index contributed by atoms with van der Waals surface area (Å²) in [6.45, 7) is 2.51.